The minimum absolute atomic E-state index is 0.148. The van der Waals surface area contributed by atoms with Crippen LogP contribution >= 0.6 is 11.6 Å². The summed E-state index contributed by atoms with van der Waals surface area (Å²) in [5.41, 5.74) is 1.45. The molecule has 0 radical (unpaired) electrons. The summed E-state index contributed by atoms with van der Waals surface area (Å²) >= 11 is 5.77. The van der Waals surface area contributed by atoms with E-state index in [1.165, 1.54) is 23.2 Å². The molecular weight excluding hydrogens is 319 g/mol. The smallest absolute Gasteiger partial charge is 0.233 e. The van der Waals surface area contributed by atoms with Crippen LogP contribution in [0.3, 0.4) is 0 Å². The highest BCUT2D eigenvalue weighted by Gasteiger charge is 2.38. The second-order valence-corrected chi connectivity index (χ2v) is 5.95. The molecule has 118 valence electrons. The molecule has 0 aliphatic carbocycles. The van der Waals surface area contributed by atoms with E-state index < -0.39 is 5.92 Å². The number of hydrogen-bond acceptors (Lipinski definition) is 3. The zero-order chi connectivity index (χ0) is 16.4. The Morgan fingerprint density at radius 2 is 1.91 bits per heavy atom. The van der Waals surface area contributed by atoms with Gasteiger partial charge in [0, 0.05) is 12.6 Å². The maximum atomic E-state index is 12.9. The zero-order valence-corrected chi connectivity index (χ0v) is 13.0. The molecule has 3 rings (SSSR count). The number of likely N-dealkylation sites (tertiary alicyclic amines) is 1. The van der Waals surface area contributed by atoms with Crippen LogP contribution in [0.4, 0.5) is 4.39 Å². The van der Waals surface area contributed by atoms with Gasteiger partial charge in [-0.2, -0.15) is 0 Å². The van der Waals surface area contributed by atoms with Gasteiger partial charge in [0.15, 0.2) is 0 Å². The second kappa shape index (κ2) is 6.46. The number of aromatic nitrogens is 1. The highest BCUT2D eigenvalue weighted by molar-refractivity contribution is 6.30. The fourth-order valence-corrected chi connectivity index (χ4v) is 2.76. The van der Waals surface area contributed by atoms with E-state index in [-0.39, 0.29) is 30.6 Å². The minimum atomic E-state index is -0.403. The lowest BCUT2D eigenvalue weighted by Crippen LogP contribution is -2.30. The topological polar surface area (TPSA) is 50.3 Å². The number of carbonyl (C=O) groups excluding carboxylic acids is 2. The molecule has 0 N–H and O–H groups in total. The summed E-state index contributed by atoms with van der Waals surface area (Å²) in [5.74, 6) is -1.15. The molecule has 1 aromatic carbocycles. The fraction of sp³-hybridized carbons (Fsp3) is 0.235. The second-order valence-electron chi connectivity index (χ2n) is 5.52. The van der Waals surface area contributed by atoms with E-state index in [4.69, 9.17) is 11.6 Å². The molecule has 1 fully saturated rings. The van der Waals surface area contributed by atoms with Gasteiger partial charge in [-0.05, 0) is 36.2 Å². The zero-order valence-electron chi connectivity index (χ0n) is 12.2. The molecule has 1 saturated heterocycles. The number of benzene rings is 1. The van der Waals surface area contributed by atoms with Crippen molar-refractivity contribution in [1.29, 1.82) is 0 Å². The minimum Gasteiger partial charge on any atom is -0.276 e. The Bertz CT molecular complexity index is 731. The Hall–Kier alpha value is -2.27. The largest absolute Gasteiger partial charge is 0.276 e. The van der Waals surface area contributed by atoms with Crippen molar-refractivity contribution >= 4 is 23.4 Å². The summed E-state index contributed by atoms with van der Waals surface area (Å²) in [4.78, 5) is 29.9. The fourth-order valence-electron chi connectivity index (χ4n) is 2.64. The van der Waals surface area contributed by atoms with Crippen LogP contribution in [0.15, 0.2) is 42.6 Å². The third-order valence-electron chi connectivity index (χ3n) is 3.84. The first kappa shape index (κ1) is 15.6. The highest BCUT2D eigenvalue weighted by Crippen LogP contribution is 2.25. The van der Waals surface area contributed by atoms with Crippen molar-refractivity contribution in [2.45, 2.75) is 19.4 Å². The summed E-state index contributed by atoms with van der Waals surface area (Å²) in [7, 11) is 0. The van der Waals surface area contributed by atoms with Gasteiger partial charge in [0.1, 0.15) is 5.82 Å². The molecule has 0 saturated carbocycles. The predicted octanol–water partition coefficient (Wildman–Crippen LogP) is 2.99. The average molecular weight is 333 g/mol. The Morgan fingerprint density at radius 3 is 2.57 bits per heavy atom. The Morgan fingerprint density at radius 1 is 1.17 bits per heavy atom. The molecule has 2 amide bonds. The van der Waals surface area contributed by atoms with Crippen molar-refractivity contribution in [3.63, 3.8) is 0 Å². The van der Waals surface area contributed by atoms with Crippen LogP contribution in [-0.4, -0.2) is 21.7 Å². The van der Waals surface area contributed by atoms with Gasteiger partial charge in [0.2, 0.25) is 11.8 Å². The lowest BCUT2D eigenvalue weighted by Gasteiger charge is -2.14. The normalized spacial score (nSPS) is 17.8. The van der Waals surface area contributed by atoms with Crippen LogP contribution in [0.25, 0.3) is 0 Å². The van der Waals surface area contributed by atoms with E-state index in [2.05, 4.69) is 4.98 Å². The van der Waals surface area contributed by atoms with Crippen molar-refractivity contribution in [1.82, 2.24) is 9.88 Å². The van der Waals surface area contributed by atoms with Crippen molar-refractivity contribution in [3.05, 3.63) is 64.7 Å². The molecule has 4 nitrogen and oxygen atoms in total. The first-order chi connectivity index (χ1) is 11.0. The highest BCUT2D eigenvalue weighted by atomic mass is 35.5. The van der Waals surface area contributed by atoms with E-state index >= 15 is 0 Å². The van der Waals surface area contributed by atoms with Crippen LogP contribution in [0.2, 0.25) is 5.02 Å². The average Bonchev–Trinajstić information content (AvgIpc) is 2.79. The first-order valence-electron chi connectivity index (χ1n) is 7.22. The maximum Gasteiger partial charge on any atom is 0.233 e. The molecule has 0 bridgehead atoms. The number of nitrogens with zero attached hydrogens (tertiary/aromatic N) is 2. The number of rotatable bonds is 4. The Kier molecular flexibility index (Phi) is 4.39. The van der Waals surface area contributed by atoms with Crippen LogP contribution in [0.5, 0.6) is 0 Å². The molecular formula is C17H14ClFN2O2. The number of amides is 2. The van der Waals surface area contributed by atoms with E-state index in [0.29, 0.717) is 17.1 Å². The molecule has 1 atom stereocenters. The number of pyridine rings is 1. The molecule has 1 aliphatic heterocycles. The van der Waals surface area contributed by atoms with Gasteiger partial charge in [0.25, 0.3) is 0 Å². The summed E-state index contributed by atoms with van der Waals surface area (Å²) in [5, 5.41) is 0.502. The number of hydrogen-bond donors (Lipinski definition) is 0. The number of carbonyl (C=O) groups is 2. The van der Waals surface area contributed by atoms with Crippen molar-refractivity contribution < 1.29 is 14.0 Å². The van der Waals surface area contributed by atoms with E-state index in [9.17, 15) is 14.0 Å². The quantitative estimate of drug-likeness (QED) is 0.809. The summed E-state index contributed by atoms with van der Waals surface area (Å²) in [6, 6.07) is 9.34. The first-order valence-corrected chi connectivity index (χ1v) is 7.60. The van der Waals surface area contributed by atoms with Gasteiger partial charge in [0.05, 0.1) is 23.2 Å². The number of halogens is 2. The van der Waals surface area contributed by atoms with Gasteiger partial charge in [-0.15, -0.1) is 0 Å². The molecule has 2 aromatic rings. The van der Waals surface area contributed by atoms with Gasteiger partial charge >= 0.3 is 0 Å². The molecule has 6 heteroatoms. The Labute approximate surface area is 137 Å². The van der Waals surface area contributed by atoms with E-state index in [1.807, 2.05) is 0 Å². The van der Waals surface area contributed by atoms with Gasteiger partial charge in [-0.3, -0.25) is 19.5 Å². The molecule has 1 aliphatic rings. The van der Waals surface area contributed by atoms with Crippen LogP contribution in [-0.2, 0) is 22.6 Å². The molecule has 1 aromatic heterocycles. The maximum absolute atomic E-state index is 12.9. The van der Waals surface area contributed by atoms with Gasteiger partial charge in [-0.25, -0.2) is 4.39 Å². The van der Waals surface area contributed by atoms with Gasteiger partial charge < -0.3 is 0 Å². The molecule has 0 unspecified atom stereocenters. The lowest BCUT2D eigenvalue weighted by atomic mass is 9.98. The molecule has 0 spiro atoms. The third-order valence-corrected chi connectivity index (χ3v) is 4.07. The summed E-state index contributed by atoms with van der Waals surface area (Å²) < 4.78 is 12.9. The monoisotopic (exact) mass is 332 g/mol. The SMILES string of the molecule is O=C1C[C@@H](Cc2ccc(F)cc2)C(=O)N1Cc1ccc(Cl)cn1. The predicted molar refractivity (Wildman–Crippen MR) is 83.0 cm³/mol. The Balaban J connectivity index is 1.69. The van der Waals surface area contributed by atoms with Gasteiger partial charge in [-0.1, -0.05) is 23.7 Å². The van der Waals surface area contributed by atoms with Crippen molar-refractivity contribution in [2.75, 3.05) is 0 Å². The van der Waals surface area contributed by atoms with Crippen LogP contribution in [0.1, 0.15) is 17.7 Å². The third kappa shape index (κ3) is 3.56. The van der Waals surface area contributed by atoms with Crippen LogP contribution < -0.4 is 0 Å². The molecule has 2 heterocycles. The summed E-state index contributed by atoms with van der Waals surface area (Å²) in [6.07, 6.45) is 2.08. The molecule has 23 heavy (non-hydrogen) atoms. The standard InChI is InChI=1S/C17H14ClFN2O2/c18-13-3-6-15(20-9-13)10-21-16(22)8-12(17(21)23)7-11-1-4-14(19)5-2-11/h1-6,9,12H,7-8,10H2/t12-/m1/s1. The van der Waals surface area contributed by atoms with Crippen molar-refractivity contribution in [3.8, 4) is 0 Å². The van der Waals surface area contributed by atoms with Crippen molar-refractivity contribution in [2.24, 2.45) is 5.92 Å². The number of imide groups is 1. The lowest BCUT2D eigenvalue weighted by molar-refractivity contribution is -0.140. The van der Waals surface area contributed by atoms with E-state index in [1.54, 1.807) is 24.3 Å². The summed E-state index contributed by atoms with van der Waals surface area (Å²) in [6.45, 7) is 0.148. The van der Waals surface area contributed by atoms with Crippen LogP contribution in [0, 0.1) is 11.7 Å². The van der Waals surface area contributed by atoms with E-state index in [0.717, 1.165) is 5.56 Å².